The summed E-state index contributed by atoms with van der Waals surface area (Å²) in [7, 11) is 1.59. The number of rotatable bonds is 7. The van der Waals surface area contributed by atoms with Crippen LogP contribution in [-0.4, -0.2) is 29.1 Å². The highest BCUT2D eigenvalue weighted by Crippen LogP contribution is 2.20. The van der Waals surface area contributed by atoms with Crippen molar-refractivity contribution in [3.63, 3.8) is 0 Å². The summed E-state index contributed by atoms with van der Waals surface area (Å²) >= 11 is 1.56. The summed E-state index contributed by atoms with van der Waals surface area (Å²) in [5, 5.41) is 17.2. The number of hydrogen-bond donors (Lipinski definition) is 2. The molecule has 1 aromatic carbocycles. The Kier molecular flexibility index (Phi) is 5.75. The lowest BCUT2D eigenvalue weighted by atomic mass is 10.1. The van der Waals surface area contributed by atoms with Gasteiger partial charge >= 0.3 is 0 Å². The van der Waals surface area contributed by atoms with Gasteiger partial charge in [-0.2, -0.15) is 11.3 Å². The first kappa shape index (κ1) is 17.8. The smallest absolute Gasteiger partial charge is 0.251 e. The molecular formula is C18H18N4O3S. The zero-order valence-corrected chi connectivity index (χ0v) is 15.0. The molecule has 0 aliphatic carbocycles. The molecule has 8 heteroatoms. The van der Waals surface area contributed by atoms with Crippen LogP contribution in [0.5, 0.6) is 0 Å². The van der Waals surface area contributed by atoms with Crippen LogP contribution in [0.25, 0.3) is 11.5 Å². The largest absolute Gasteiger partial charge is 0.421 e. The summed E-state index contributed by atoms with van der Waals surface area (Å²) in [5.41, 5.74) is 2.39. The van der Waals surface area contributed by atoms with Gasteiger partial charge in [0, 0.05) is 42.9 Å². The van der Waals surface area contributed by atoms with Crippen molar-refractivity contribution >= 4 is 23.2 Å². The quantitative estimate of drug-likeness (QED) is 0.666. The van der Waals surface area contributed by atoms with Crippen molar-refractivity contribution in [1.82, 2.24) is 20.8 Å². The summed E-state index contributed by atoms with van der Waals surface area (Å²) < 4.78 is 5.55. The fraction of sp³-hybridized carbons (Fsp3) is 0.222. The highest BCUT2D eigenvalue weighted by Gasteiger charge is 2.11. The molecule has 2 aromatic heterocycles. The Morgan fingerprint density at radius 2 is 1.96 bits per heavy atom. The van der Waals surface area contributed by atoms with Crippen molar-refractivity contribution in [2.24, 2.45) is 0 Å². The van der Waals surface area contributed by atoms with Crippen LogP contribution in [0, 0.1) is 0 Å². The van der Waals surface area contributed by atoms with Crippen molar-refractivity contribution in [1.29, 1.82) is 0 Å². The maximum atomic E-state index is 12.0. The number of carbonyl (C=O) groups excluding carboxylic acids is 2. The molecule has 0 fully saturated rings. The van der Waals surface area contributed by atoms with E-state index >= 15 is 0 Å². The molecule has 7 nitrogen and oxygen atoms in total. The van der Waals surface area contributed by atoms with Gasteiger partial charge in [-0.25, -0.2) is 0 Å². The number of aryl methyl sites for hydroxylation is 1. The van der Waals surface area contributed by atoms with Gasteiger partial charge < -0.3 is 15.1 Å². The number of nitrogens with one attached hydrogen (secondary N) is 2. The maximum Gasteiger partial charge on any atom is 0.251 e. The molecule has 0 aliphatic heterocycles. The van der Waals surface area contributed by atoms with E-state index in [2.05, 4.69) is 20.8 Å². The summed E-state index contributed by atoms with van der Waals surface area (Å²) in [4.78, 5) is 23.5. The van der Waals surface area contributed by atoms with Gasteiger partial charge in [-0.15, -0.1) is 10.2 Å². The number of amides is 2. The van der Waals surface area contributed by atoms with Gasteiger partial charge in [-0.3, -0.25) is 9.59 Å². The molecule has 2 N–H and O–H groups in total. The number of aromatic nitrogens is 2. The van der Waals surface area contributed by atoms with Crippen LogP contribution in [0.2, 0.25) is 0 Å². The average molecular weight is 370 g/mol. The lowest BCUT2D eigenvalue weighted by Gasteiger charge is -2.05. The van der Waals surface area contributed by atoms with Gasteiger partial charge in [0.25, 0.3) is 5.91 Å². The Hall–Kier alpha value is -3.00. The van der Waals surface area contributed by atoms with E-state index < -0.39 is 0 Å². The summed E-state index contributed by atoms with van der Waals surface area (Å²) in [5.74, 6) is 0.673. The normalized spacial score (nSPS) is 10.5. The molecule has 0 saturated carbocycles. The Labute approximate surface area is 154 Å². The van der Waals surface area contributed by atoms with Gasteiger partial charge in [-0.1, -0.05) is 12.1 Å². The van der Waals surface area contributed by atoms with E-state index in [9.17, 15) is 9.59 Å². The minimum Gasteiger partial charge on any atom is -0.421 e. The second-order valence-corrected chi connectivity index (χ2v) is 6.35. The molecule has 0 radical (unpaired) electrons. The summed E-state index contributed by atoms with van der Waals surface area (Å²) in [6.07, 6.45) is 0.653. The number of nitrogens with zero attached hydrogens (tertiary/aromatic N) is 2. The number of benzene rings is 1. The highest BCUT2D eigenvalue weighted by atomic mass is 32.1. The lowest BCUT2D eigenvalue weighted by Crippen LogP contribution is -2.23. The fourth-order valence-electron chi connectivity index (χ4n) is 2.29. The molecule has 2 heterocycles. The van der Waals surface area contributed by atoms with Crippen molar-refractivity contribution in [3.8, 4) is 11.5 Å². The molecule has 0 atom stereocenters. The molecule has 0 unspecified atom stereocenters. The maximum absolute atomic E-state index is 12.0. The Morgan fingerprint density at radius 3 is 2.65 bits per heavy atom. The van der Waals surface area contributed by atoms with Crippen molar-refractivity contribution < 1.29 is 14.0 Å². The van der Waals surface area contributed by atoms with Crippen molar-refractivity contribution in [3.05, 3.63) is 58.1 Å². The van der Waals surface area contributed by atoms with E-state index in [4.69, 9.17) is 4.42 Å². The molecule has 3 aromatic rings. The fourth-order valence-corrected chi connectivity index (χ4v) is 2.91. The topological polar surface area (TPSA) is 97.1 Å². The molecule has 0 saturated heterocycles. The molecular weight excluding hydrogens is 352 g/mol. The molecule has 3 rings (SSSR count). The van der Waals surface area contributed by atoms with Crippen LogP contribution in [0.15, 0.2) is 45.5 Å². The number of carbonyl (C=O) groups is 2. The first-order chi connectivity index (χ1) is 12.7. The Bertz CT molecular complexity index is 872. The van der Waals surface area contributed by atoms with Gasteiger partial charge in [-0.05, 0) is 29.1 Å². The molecule has 2 amide bonds. The first-order valence-electron chi connectivity index (χ1n) is 8.08. The molecule has 0 spiro atoms. The van der Waals surface area contributed by atoms with Crippen LogP contribution >= 0.6 is 11.3 Å². The number of thiophene rings is 1. The summed E-state index contributed by atoms with van der Waals surface area (Å²) in [6.45, 7) is 0.400. The number of hydrogen-bond acceptors (Lipinski definition) is 6. The van der Waals surface area contributed by atoms with Crippen molar-refractivity contribution in [2.75, 3.05) is 7.05 Å². The van der Waals surface area contributed by atoms with Gasteiger partial charge in [0.15, 0.2) is 0 Å². The van der Waals surface area contributed by atoms with E-state index in [1.54, 1.807) is 30.5 Å². The Morgan fingerprint density at radius 1 is 1.15 bits per heavy atom. The molecule has 0 aliphatic rings. The lowest BCUT2D eigenvalue weighted by molar-refractivity contribution is -0.121. The third kappa shape index (κ3) is 4.54. The van der Waals surface area contributed by atoms with Gasteiger partial charge in [0.05, 0.1) is 0 Å². The zero-order chi connectivity index (χ0) is 18.4. The predicted octanol–water partition coefficient (Wildman–Crippen LogP) is 2.41. The minimum absolute atomic E-state index is 0.101. The predicted molar refractivity (Wildman–Crippen MR) is 97.6 cm³/mol. The minimum atomic E-state index is -0.137. The van der Waals surface area contributed by atoms with E-state index in [0.29, 0.717) is 30.3 Å². The second-order valence-electron chi connectivity index (χ2n) is 5.57. The monoisotopic (exact) mass is 370 g/mol. The van der Waals surface area contributed by atoms with Crippen LogP contribution in [0.3, 0.4) is 0 Å². The van der Waals surface area contributed by atoms with E-state index in [0.717, 1.165) is 11.1 Å². The standard InChI is InChI=1S/C18H18N4O3S/c1-19-17(24)13-4-2-12(3-5-13)10-20-15(23)6-7-16-21-22-18(25-16)14-8-9-26-11-14/h2-5,8-9,11H,6-7,10H2,1H3,(H,19,24)(H,20,23). The van der Waals surface area contributed by atoms with Gasteiger partial charge in [0.2, 0.25) is 17.7 Å². The van der Waals surface area contributed by atoms with Crippen LogP contribution < -0.4 is 10.6 Å². The molecule has 0 bridgehead atoms. The van der Waals surface area contributed by atoms with E-state index in [1.165, 1.54) is 0 Å². The molecule has 134 valence electrons. The molecule has 26 heavy (non-hydrogen) atoms. The van der Waals surface area contributed by atoms with Crippen LogP contribution in [0.1, 0.15) is 28.2 Å². The summed E-state index contributed by atoms with van der Waals surface area (Å²) in [6, 6.07) is 8.99. The van der Waals surface area contributed by atoms with Gasteiger partial charge in [0.1, 0.15) is 0 Å². The van der Waals surface area contributed by atoms with E-state index in [-0.39, 0.29) is 18.2 Å². The van der Waals surface area contributed by atoms with Crippen LogP contribution in [0.4, 0.5) is 0 Å². The average Bonchev–Trinajstić information content (AvgIpc) is 3.36. The SMILES string of the molecule is CNC(=O)c1ccc(CNC(=O)CCc2nnc(-c3ccsc3)o2)cc1. The highest BCUT2D eigenvalue weighted by molar-refractivity contribution is 7.08. The van der Waals surface area contributed by atoms with E-state index in [1.807, 2.05) is 29.0 Å². The second kappa shape index (κ2) is 8.39. The zero-order valence-electron chi connectivity index (χ0n) is 14.2. The third-order valence-electron chi connectivity index (χ3n) is 3.73. The Balaban J connectivity index is 1.45. The van der Waals surface area contributed by atoms with Crippen molar-refractivity contribution in [2.45, 2.75) is 19.4 Å². The van der Waals surface area contributed by atoms with Crippen LogP contribution in [-0.2, 0) is 17.8 Å². The third-order valence-corrected chi connectivity index (χ3v) is 4.42. The first-order valence-corrected chi connectivity index (χ1v) is 9.02.